The van der Waals surface area contributed by atoms with E-state index < -0.39 is 0 Å². The van der Waals surface area contributed by atoms with Crippen LogP contribution in [0.15, 0.2) is 23.2 Å². The average Bonchev–Trinajstić information content (AvgIpc) is 2.37. The standard InChI is InChI=1S/C13H21N3O2S/c1-10(2)18-7-3-6-15-13(17)9-19-11-4-5-12(14)16-8-11/h4-5,8,10H,3,6-7,9H2,1-2H3,(H2,14,16)(H,15,17). The molecule has 5 nitrogen and oxygen atoms in total. The zero-order valence-electron chi connectivity index (χ0n) is 11.4. The highest BCUT2D eigenvalue weighted by molar-refractivity contribution is 8.00. The maximum absolute atomic E-state index is 11.6. The summed E-state index contributed by atoms with van der Waals surface area (Å²) in [4.78, 5) is 16.5. The second kappa shape index (κ2) is 8.77. The normalized spacial score (nSPS) is 10.7. The lowest BCUT2D eigenvalue weighted by atomic mass is 10.4. The lowest BCUT2D eigenvalue weighted by Crippen LogP contribution is -2.27. The molecule has 19 heavy (non-hydrogen) atoms. The van der Waals surface area contributed by atoms with Gasteiger partial charge in [-0.25, -0.2) is 4.98 Å². The minimum Gasteiger partial charge on any atom is -0.384 e. The molecule has 0 aliphatic rings. The van der Waals surface area contributed by atoms with Crippen LogP contribution in [-0.4, -0.2) is 35.9 Å². The number of aromatic nitrogens is 1. The summed E-state index contributed by atoms with van der Waals surface area (Å²) in [7, 11) is 0. The molecule has 0 unspecified atom stereocenters. The van der Waals surface area contributed by atoms with Crippen LogP contribution in [0, 0.1) is 0 Å². The van der Waals surface area contributed by atoms with Gasteiger partial charge in [0, 0.05) is 24.2 Å². The molecule has 1 amide bonds. The van der Waals surface area contributed by atoms with Crippen molar-refractivity contribution in [3.63, 3.8) is 0 Å². The second-order valence-electron chi connectivity index (χ2n) is 4.33. The van der Waals surface area contributed by atoms with E-state index in [1.54, 1.807) is 12.3 Å². The van der Waals surface area contributed by atoms with Crippen molar-refractivity contribution >= 4 is 23.5 Å². The molecule has 0 bridgehead atoms. The van der Waals surface area contributed by atoms with E-state index in [9.17, 15) is 4.79 Å². The Labute approximate surface area is 118 Å². The van der Waals surface area contributed by atoms with E-state index in [0.717, 1.165) is 11.3 Å². The van der Waals surface area contributed by atoms with Crippen LogP contribution >= 0.6 is 11.8 Å². The molecule has 3 N–H and O–H groups in total. The molecule has 0 aliphatic carbocycles. The molecular formula is C13H21N3O2S. The van der Waals surface area contributed by atoms with Crippen LogP contribution in [0.1, 0.15) is 20.3 Å². The number of nitrogens with one attached hydrogen (secondary N) is 1. The van der Waals surface area contributed by atoms with Crippen molar-refractivity contribution in [2.45, 2.75) is 31.3 Å². The summed E-state index contributed by atoms with van der Waals surface area (Å²) in [5, 5.41) is 2.85. The highest BCUT2D eigenvalue weighted by Crippen LogP contribution is 2.16. The van der Waals surface area contributed by atoms with Gasteiger partial charge in [-0.2, -0.15) is 0 Å². The van der Waals surface area contributed by atoms with Gasteiger partial charge in [0.1, 0.15) is 5.82 Å². The van der Waals surface area contributed by atoms with Crippen LogP contribution in [0.3, 0.4) is 0 Å². The topological polar surface area (TPSA) is 77.2 Å². The molecule has 1 rings (SSSR count). The highest BCUT2D eigenvalue weighted by atomic mass is 32.2. The van der Waals surface area contributed by atoms with Crippen molar-refractivity contribution in [3.05, 3.63) is 18.3 Å². The number of amides is 1. The molecule has 1 heterocycles. The van der Waals surface area contributed by atoms with Crippen molar-refractivity contribution in [3.8, 4) is 0 Å². The molecule has 6 heteroatoms. The number of anilines is 1. The summed E-state index contributed by atoms with van der Waals surface area (Å²) >= 11 is 1.44. The minimum absolute atomic E-state index is 0.0198. The van der Waals surface area contributed by atoms with Crippen molar-refractivity contribution in [2.75, 3.05) is 24.6 Å². The fourth-order valence-corrected chi connectivity index (χ4v) is 1.99. The molecule has 1 aromatic heterocycles. The van der Waals surface area contributed by atoms with Crippen LogP contribution in [-0.2, 0) is 9.53 Å². The van der Waals surface area contributed by atoms with Gasteiger partial charge >= 0.3 is 0 Å². The number of pyridine rings is 1. The minimum atomic E-state index is 0.0198. The van der Waals surface area contributed by atoms with Gasteiger partial charge in [0.2, 0.25) is 5.91 Å². The third kappa shape index (κ3) is 7.69. The van der Waals surface area contributed by atoms with Gasteiger partial charge in [-0.3, -0.25) is 4.79 Å². The molecule has 0 aliphatic heterocycles. The second-order valence-corrected chi connectivity index (χ2v) is 5.38. The molecule has 0 radical (unpaired) electrons. The number of nitrogens with zero attached hydrogens (tertiary/aromatic N) is 1. The number of carbonyl (C=O) groups excluding carboxylic acids is 1. The molecule has 0 saturated heterocycles. The van der Waals surface area contributed by atoms with Gasteiger partial charge in [0.15, 0.2) is 0 Å². The predicted molar refractivity (Wildman–Crippen MR) is 78.1 cm³/mol. The first kappa shape index (κ1) is 15.8. The molecular weight excluding hydrogens is 262 g/mol. The fraction of sp³-hybridized carbons (Fsp3) is 0.538. The molecule has 0 aromatic carbocycles. The summed E-state index contributed by atoms with van der Waals surface area (Å²) in [5.74, 6) is 0.890. The quantitative estimate of drug-likeness (QED) is 0.561. The first-order valence-corrected chi connectivity index (χ1v) is 7.29. The first-order chi connectivity index (χ1) is 9.08. The Bertz CT molecular complexity index is 382. The van der Waals surface area contributed by atoms with Gasteiger partial charge in [-0.15, -0.1) is 11.8 Å². The zero-order valence-corrected chi connectivity index (χ0v) is 12.2. The Hall–Kier alpha value is -1.27. The van der Waals surface area contributed by atoms with Crippen molar-refractivity contribution in [1.29, 1.82) is 0 Å². The van der Waals surface area contributed by atoms with E-state index in [1.807, 2.05) is 19.9 Å². The molecule has 0 spiro atoms. The van der Waals surface area contributed by atoms with Crippen LogP contribution in [0.2, 0.25) is 0 Å². The molecule has 1 aromatic rings. The monoisotopic (exact) mass is 283 g/mol. The third-order valence-corrected chi connectivity index (χ3v) is 3.20. The number of hydrogen-bond donors (Lipinski definition) is 2. The van der Waals surface area contributed by atoms with Gasteiger partial charge in [0.05, 0.1) is 11.9 Å². The van der Waals surface area contributed by atoms with Gasteiger partial charge in [-0.1, -0.05) is 0 Å². The summed E-state index contributed by atoms with van der Waals surface area (Å²) in [6.07, 6.45) is 2.74. The van der Waals surface area contributed by atoms with Crippen molar-refractivity contribution < 1.29 is 9.53 Å². The number of carbonyl (C=O) groups is 1. The molecule has 106 valence electrons. The Balaban J connectivity index is 2.09. The van der Waals surface area contributed by atoms with E-state index in [1.165, 1.54) is 11.8 Å². The van der Waals surface area contributed by atoms with Crippen LogP contribution in [0.4, 0.5) is 5.82 Å². The van der Waals surface area contributed by atoms with Crippen LogP contribution < -0.4 is 11.1 Å². The Morgan fingerprint density at radius 3 is 2.95 bits per heavy atom. The average molecular weight is 283 g/mol. The Morgan fingerprint density at radius 2 is 2.32 bits per heavy atom. The molecule has 0 fully saturated rings. The van der Waals surface area contributed by atoms with Crippen LogP contribution in [0.5, 0.6) is 0 Å². The Kier molecular flexibility index (Phi) is 7.28. The van der Waals surface area contributed by atoms with E-state index in [0.29, 0.717) is 24.7 Å². The predicted octanol–water partition coefficient (Wildman–Crippen LogP) is 1.69. The highest BCUT2D eigenvalue weighted by Gasteiger charge is 2.02. The fourth-order valence-electron chi connectivity index (χ4n) is 1.30. The van der Waals surface area contributed by atoms with Crippen molar-refractivity contribution in [1.82, 2.24) is 10.3 Å². The smallest absolute Gasteiger partial charge is 0.230 e. The number of hydrogen-bond acceptors (Lipinski definition) is 5. The van der Waals surface area contributed by atoms with Gasteiger partial charge in [-0.05, 0) is 32.4 Å². The number of ether oxygens (including phenoxy) is 1. The lowest BCUT2D eigenvalue weighted by molar-refractivity contribution is -0.118. The van der Waals surface area contributed by atoms with Gasteiger partial charge in [0.25, 0.3) is 0 Å². The Morgan fingerprint density at radius 1 is 1.53 bits per heavy atom. The summed E-state index contributed by atoms with van der Waals surface area (Å²) in [5.41, 5.74) is 5.49. The molecule has 0 saturated carbocycles. The maximum atomic E-state index is 11.6. The first-order valence-electron chi connectivity index (χ1n) is 6.30. The summed E-state index contributed by atoms with van der Waals surface area (Å²) in [6, 6.07) is 3.58. The van der Waals surface area contributed by atoms with E-state index >= 15 is 0 Å². The number of rotatable bonds is 8. The van der Waals surface area contributed by atoms with Crippen LogP contribution in [0.25, 0.3) is 0 Å². The van der Waals surface area contributed by atoms with Gasteiger partial charge < -0.3 is 15.8 Å². The zero-order chi connectivity index (χ0) is 14.1. The number of nitrogens with two attached hydrogens (primary N) is 1. The third-order valence-electron chi connectivity index (χ3n) is 2.22. The largest absolute Gasteiger partial charge is 0.384 e. The SMILES string of the molecule is CC(C)OCCCNC(=O)CSc1ccc(N)nc1. The van der Waals surface area contributed by atoms with Crippen molar-refractivity contribution in [2.24, 2.45) is 0 Å². The lowest BCUT2D eigenvalue weighted by Gasteiger charge is -2.08. The van der Waals surface area contributed by atoms with E-state index in [-0.39, 0.29) is 12.0 Å². The number of thioether (sulfide) groups is 1. The maximum Gasteiger partial charge on any atom is 0.230 e. The summed E-state index contributed by atoms with van der Waals surface area (Å²) in [6.45, 7) is 5.31. The van der Waals surface area contributed by atoms with E-state index in [2.05, 4.69) is 10.3 Å². The molecule has 0 atom stereocenters. The van der Waals surface area contributed by atoms with E-state index in [4.69, 9.17) is 10.5 Å². The summed E-state index contributed by atoms with van der Waals surface area (Å²) < 4.78 is 5.39. The number of nitrogen functional groups attached to an aromatic ring is 1.